The summed E-state index contributed by atoms with van der Waals surface area (Å²) in [6, 6.07) is 21.8. The summed E-state index contributed by atoms with van der Waals surface area (Å²) in [5, 5.41) is 8.39. The second-order valence-corrected chi connectivity index (χ2v) is 7.52. The molecule has 0 aliphatic carbocycles. The zero-order valence-electron chi connectivity index (χ0n) is 17.5. The van der Waals surface area contributed by atoms with E-state index in [0.29, 0.717) is 39.5 Å². The molecule has 4 rings (SSSR count). The number of rotatable bonds is 9. The normalized spacial score (nSPS) is 10.6. The Morgan fingerprint density at radius 1 is 0.875 bits per heavy atom. The Morgan fingerprint density at radius 2 is 1.59 bits per heavy atom. The number of carbonyl (C=O) groups is 1. The minimum Gasteiger partial charge on any atom is -0.493 e. The summed E-state index contributed by atoms with van der Waals surface area (Å²) in [5.74, 6) is 3.03. The molecule has 0 amide bonds. The highest BCUT2D eigenvalue weighted by atomic mass is 32.2. The number of ether oxygens (including phenoxy) is 3. The topological polar surface area (TPSA) is 83.7 Å². The van der Waals surface area contributed by atoms with Crippen LogP contribution in [0.4, 0.5) is 0 Å². The molecule has 0 fully saturated rings. The number of aromatic nitrogens is 2. The lowest BCUT2D eigenvalue weighted by Gasteiger charge is -2.07. The highest BCUT2D eigenvalue weighted by Crippen LogP contribution is 2.32. The third kappa shape index (κ3) is 5.09. The molecule has 0 bridgehead atoms. The van der Waals surface area contributed by atoms with Crippen molar-refractivity contribution in [1.29, 1.82) is 0 Å². The monoisotopic (exact) mass is 448 g/mol. The number of thioether (sulfide) groups is 1. The molecule has 0 saturated carbocycles. The standard InChI is InChI=1S/C24H20N2O5S/c1-28-21-13-10-17(14-22(21)29-2)23-25-26-24(31-23)32-15-20(27)16-8-11-19(12-9-16)30-18-6-4-3-5-7-18/h3-14H,15H2,1-2H3. The number of ketones is 1. The number of nitrogens with zero attached hydrogens (tertiary/aromatic N) is 2. The van der Waals surface area contributed by atoms with Gasteiger partial charge in [0.1, 0.15) is 11.5 Å². The average molecular weight is 449 g/mol. The molecule has 0 N–H and O–H groups in total. The molecule has 32 heavy (non-hydrogen) atoms. The molecular formula is C24H20N2O5S. The summed E-state index contributed by atoms with van der Waals surface area (Å²) >= 11 is 1.19. The lowest BCUT2D eigenvalue weighted by atomic mass is 10.1. The smallest absolute Gasteiger partial charge is 0.277 e. The Labute approximate surface area is 189 Å². The zero-order valence-corrected chi connectivity index (χ0v) is 18.3. The van der Waals surface area contributed by atoms with E-state index in [0.717, 1.165) is 5.75 Å². The molecular weight excluding hydrogens is 428 g/mol. The Morgan fingerprint density at radius 3 is 2.31 bits per heavy atom. The van der Waals surface area contributed by atoms with Crippen molar-refractivity contribution in [3.63, 3.8) is 0 Å². The molecule has 0 atom stereocenters. The third-order valence-corrected chi connectivity index (χ3v) is 5.34. The molecule has 0 aliphatic rings. The second kappa shape index (κ2) is 10.0. The quantitative estimate of drug-likeness (QED) is 0.244. The number of methoxy groups -OCH3 is 2. The number of Topliss-reactive ketones (excluding diaryl/α,β-unsaturated/α-hetero) is 1. The van der Waals surface area contributed by atoms with Gasteiger partial charge in [-0.25, -0.2) is 0 Å². The fourth-order valence-electron chi connectivity index (χ4n) is 2.90. The van der Waals surface area contributed by atoms with E-state index < -0.39 is 0 Å². The summed E-state index contributed by atoms with van der Waals surface area (Å²) < 4.78 is 22.0. The van der Waals surface area contributed by atoms with Crippen molar-refractivity contribution < 1.29 is 23.4 Å². The maximum Gasteiger partial charge on any atom is 0.277 e. The van der Waals surface area contributed by atoms with Gasteiger partial charge in [0.25, 0.3) is 5.22 Å². The molecule has 8 heteroatoms. The van der Waals surface area contributed by atoms with Crippen molar-refractivity contribution in [2.45, 2.75) is 5.22 Å². The fourth-order valence-corrected chi connectivity index (χ4v) is 3.56. The van der Waals surface area contributed by atoms with Gasteiger partial charge in [0.2, 0.25) is 5.89 Å². The molecule has 7 nitrogen and oxygen atoms in total. The SMILES string of the molecule is COc1ccc(-c2nnc(SCC(=O)c3ccc(Oc4ccccc4)cc3)o2)cc1OC. The Hall–Kier alpha value is -3.78. The Balaban J connectivity index is 1.36. The summed E-state index contributed by atoms with van der Waals surface area (Å²) in [6.45, 7) is 0. The van der Waals surface area contributed by atoms with Crippen LogP contribution in [-0.2, 0) is 0 Å². The number of benzene rings is 3. The van der Waals surface area contributed by atoms with Crippen molar-refractivity contribution in [3.8, 4) is 34.5 Å². The minimum atomic E-state index is -0.0490. The number of para-hydroxylation sites is 1. The van der Waals surface area contributed by atoms with Gasteiger partial charge in [-0.2, -0.15) is 0 Å². The van der Waals surface area contributed by atoms with Crippen LogP contribution in [0.1, 0.15) is 10.4 Å². The van der Waals surface area contributed by atoms with Crippen LogP contribution in [0.2, 0.25) is 0 Å². The van der Waals surface area contributed by atoms with Crippen molar-refractivity contribution in [3.05, 3.63) is 78.4 Å². The van der Waals surface area contributed by atoms with Crippen molar-refractivity contribution in [2.24, 2.45) is 0 Å². The van der Waals surface area contributed by atoms with Gasteiger partial charge < -0.3 is 18.6 Å². The molecule has 1 aromatic heterocycles. The Bertz CT molecular complexity index is 1190. The van der Waals surface area contributed by atoms with Crippen molar-refractivity contribution in [2.75, 3.05) is 20.0 Å². The van der Waals surface area contributed by atoms with Gasteiger partial charge in [-0.15, -0.1) is 10.2 Å². The van der Waals surface area contributed by atoms with Gasteiger partial charge in [-0.3, -0.25) is 4.79 Å². The van der Waals surface area contributed by atoms with E-state index in [-0.39, 0.29) is 11.5 Å². The molecule has 0 spiro atoms. The lowest BCUT2D eigenvalue weighted by molar-refractivity contribution is 0.102. The average Bonchev–Trinajstić information content (AvgIpc) is 3.32. The number of hydrogen-bond donors (Lipinski definition) is 0. The van der Waals surface area contributed by atoms with Gasteiger partial charge >= 0.3 is 0 Å². The second-order valence-electron chi connectivity index (χ2n) is 6.59. The largest absolute Gasteiger partial charge is 0.493 e. The molecule has 4 aromatic rings. The van der Waals surface area contributed by atoms with Crippen LogP contribution < -0.4 is 14.2 Å². The third-order valence-electron chi connectivity index (χ3n) is 4.52. The van der Waals surface area contributed by atoms with Gasteiger partial charge in [0, 0.05) is 11.1 Å². The van der Waals surface area contributed by atoms with Crippen molar-refractivity contribution >= 4 is 17.5 Å². The number of carbonyl (C=O) groups excluding carboxylic acids is 1. The highest BCUT2D eigenvalue weighted by molar-refractivity contribution is 7.99. The minimum absolute atomic E-state index is 0.0490. The summed E-state index contributed by atoms with van der Waals surface area (Å²) in [7, 11) is 3.13. The molecule has 162 valence electrons. The highest BCUT2D eigenvalue weighted by Gasteiger charge is 2.14. The fraction of sp³-hybridized carbons (Fsp3) is 0.125. The van der Waals surface area contributed by atoms with Crippen LogP contribution in [0.3, 0.4) is 0 Å². The summed E-state index contributed by atoms with van der Waals surface area (Å²) in [6.07, 6.45) is 0. The first-order valence-corrected chi connectivity index (χ1v) is 10.7. The maximum atomic E-state index is 12.5. The molecule has 0 aliphatic heterocycles. The summed E-state index contributed by atoms with van der Waals surface area (Å²) in [5.41, 5.74) is 1.28. The van der Waals surface area contributed by atoms with E-state index in [1.54, 1.807) is 56.7 Å². The molecule has 0 saturated heterocycles. The van der Waals surface area contributed by atoms with E-state index >= 15 is 0 Å². The maximum absolute atomic E-state index is 12.5. The van der Waals surface area contributed by atoms with Crippen molar-refractivity contribution in [1.82, 2.24) is 10.2 Å². The van der Waals surface area contributed by atoms with Gasteiger partial charge in [0.15, 0.2) is 17.3 Å². The first-order valence-electron chi connectivity index (χ1n) is 9.71. The predicted molar refractivity (Wildman–Crippen MR) is 121 cm³/mol. The van der Waals surface area contributed by atoms with Crippen LogP contribution in [-0.4, -0.2) is 36.0 Å². The van der Waals surface area contributed by atoms with Crippen LogP contribution >= 0.6 is 11.8 Å². The van der Waals surface area contributed by atoms with Crippen LogP contribution in [0.15, 0.2) is 82.4 Å². The van der Waals surface area contributed by atoms with Crippen LogP contribution in [0, 0.1) is 0 Å². The molecule has 0 radical (unpaired) electrons. The van der Waals surface area contributed by atoms with E-state index in [9.17, 15) is 4.79 Å². The van der Waals surface area contributed by atoms with Crippen LogP contribution in [0.25, 0.3) is 11.5 Å². The molecule has 1 heterocycles. The number of hydrogen-bond acceptors (Lipinski definition) is 8. The van der Waals surface area contributed by atoms with Gasteiger partial charge in [0.05, 0.1) is 20.0 Å². The van der Waals surface area contributed by atoms with Gasteiger partial charge in [-0.1, -0.05) is 30.0 Å². The van der Waals surface area contributed by atoms with E-state index in [1.165, 1.54) is 11.8 Å². The first kappa shape index (κ1) is 21.5. The Kier molecular flexibility index (Phi) is 6.72. The van der Waals surface area contributed by atoms with Crippen LogP contribution in [0.5, 0.6) is 23.0 Å². The van der Waals surface area contributed by atoms with E-state index in [2.05, 4.69) is 10.2 Å². The molecule has 3 aromatic carbocycles. The first-order chi connectivity index (χ1) is 15.7. The summed E-state index contributed by atoms with van der Waals surface area (Å²) in [4.78, 5) is 12.5. The van der Waals surface area contributed by atoms with Gasteiger partial charge in [-0.05, 0) is 54.6 Å². The zero-order chi connectivity index (χ0) is 22.3. The van der Waals surface area contributed by atoms with E-state index in [4.69, 9.17) is 18.6 Å². The lowest BCUT2D eigenvalue weighted by Crippen LogP contribution is -2.02. The predicted octanol–water partition coefficient (Wildman–Crippen LogP) is 5.52. The van der Waals surface area contributed by atoms with E-state index in [1.807, 2.05) is 30.3 Å². The molecule has 0 unspecified atom stereocenters.